The maximum atomic E-state index is 10.6. The summed E-state index contributed by atoms with van der Waals surface area (Å²) in [5, 5.41) is 16.1. The summed E-state index contributed by atoms with van der Waals surface area (Å²) in [5.41, 5.74) is 2.02. The van der Waals surface area contributed by atoms with Gasteiger partial charge in [0.1, 0.15) is 0 Å². The first-order valence-electron chi connectivity index (χ1n) is 6.54. The third kappa shape index (κ3) is 2.81. The number of nitrogens with zero attached hydrogens (tertiary/aromatic N) is 2. The lowest BCUT2D eigenvalue weighted by molar-refractivity contribution is -0.384. The molecule has 1 N–H and O–H groups in total. The molecule has 0 saturated carbocycles. The summed E-state index contributed by atoms with van der Waals surface area (Å²) in [4.78, 5) is 14.4. The van der Waals surface area contributed by atoms with Gasteiger partial charge < -0.3 is 5.32 Å². The number of nitro benzene ring substituents is 1. The molecular formula is C16H13N3O2. The van der Waals surface area contributed by atoms with Gasteiger partial charge in [-0.2, -0.15) is 0 Å². The minimum Gasteiger partial charge on any atom is -0.381 e. The first-order valence-corrected chi connectivity index (χ1v) is 6.54. The van der Waals surface area contributed by atoms with Crippen LogP contribution in [-0.2, 0) is 6.54 Å². The Labute approximate surface area is 121 Å². The fourth-order valence-electron chi connectivity index (χ4n) is 2.22. The number of nitro groups is 1. The largest absolute Gasteiger partial charge is 0.381 e. The zero-order valence-electron chi connectivity index (χ0n) is 11.2. The van der Waals surface area contributed by atoms with Crippen molar-refractivity contribution in [1.29, 1.82) is 0 Å². The molecule has 1 aromatic heterocycles. The summed E-state index contributed by atoms with van der Waals surface area (Å²) in [7, 11) is 0. The molecule has 0 atom stereocenters. The monoisotopic (exact) mass is 279 g/mol. The van der Waals surface area contributed by atoms with E-state index in [4.69, 9.17) is 0 Å². The van der Waals surface area contributed by atoms with Gasteiger partial charge in [-0.3, -0.25) is 15.1 Å². The molecule has 0 aliphatic heterocycles. The van der Waals surface area contributed by atoms with Gasteiger partial charge in [-0.05, 0) is 23.1 Å². The molecule has 2 aromatic carbocycles. The molecule has 1 heterocycles. The highest BCUT2D eigenvalue weighted by molar-refractivity contribution is 5.84. The van der Waals surface area contributed by atoms with Gasteiger partial charge >= 0.3 is 0 Å². The van der Waals surface area contributed by atoms with Crippen LogP contribution in [0.5, 0.6) is 0 Å². The first kappa shape index (κ1) is 13.1. The maximum Gasteiger partial charge on any atom is 0.269 e. The highest BCUT2D eigenvalue weighted by Gasteiger charge is 2.04. The van der Waals surface area contributed by atoms with Crippen molar-refractivity contribution in [3.8, 4) is 0 Å². The molecule has 0 bridgehead atoms. The van der Waals surface area contributed by atoms with Crippen molar-refractivity contribution >= 4 is 22.1 Å². The van der Waals surface area contributed by atoms with Crippen LogP contribution in [-0.4, -0.2) is 9.91 Å². The van der Waals surface area contributed by atoms with Crippen molar-refractivity contribution in [3.63, 3.8) is 0 Å². The fraction of sp³-hybridized carbons (Fsp3) is 0.0625. The third-order valence-corrected chi connectivity index (χ3v) is 3.31. The van der Waals surface area contributed by atoms with E-state index in [0.717, 1.165) is 22.0 Å². The highest BCUT2D eigenvalue weighted by atomic mass is 16.6. The Hall–Kier alpha value is -2.95. The third-order valence-electron chi connectivity index (χ3n) is 3.31. The lowest BCUT2D eigenvalue weighted by atomic mass is 10.1. The molecule has 104 valence electrons. The lowest BCUT2D eigenvalue weighted by Gasteiger charge is -2.08. The van der Waals surface area contributed by atoms with Gasteiger partial charge in [-0.1, -0.05) is 24.3 Å². The zero-order valence-corrected chi connectivity index (χ0v) is 11.2. The van der Waals surface area contributed by atoms with Gasteiger partial charge in [0, 0.05) is 42.1 Å². The Bertz CT molecular complexity index is 780. The number of anilines is 1. The Kier molecular flexibility index (Phi) is 3.47. The van der Waals surface area contributed by atoms with Crippen LogP contribution < -0.4 is 5.32 Å². The van der Waals surface area contributed by atoms with Crippen molar-refractivity contribution < 1.29 is 4.92 Å². The van der Waals surface area contributed by atoms with Crippen molar-refractivity contribution in [2.75, 3.05) is 5.32 Å². The average Bonchev–Trinajstić information content (AvgIpc) is 2.53. The topological polar surface area (TPSA) is 68.1 Å². The summed E-state index contributed by atoms with van der Waals surface area (Å²) < 4.78 is 0. The molecule has 0 radical (unpaired) electrons. The number of nitrogens with one attached hydrogen (secondary N) is 1. The quantitative estimate of drug-likeness (QED) is 0.583. The van der Waals surface area contributed by atoms with Crippen molar-refractivity contribution in [1.82, 2.24) is 4.98 Å². The first-order chi connectivity index (χ1) is 10.2. The van der Waals surface area contributed by atoms with Gasteiger partial charge in [0.25, 0.3) is 5.69 Å². The normalized spacial score (nSPS) is 10.5. The van der Waals surface area contributed by atoms with E-state index in [0.29, 0.717) is 6.54 Å². The number of fused-ring (bicyclic) bond motifs is 1. The predicted octanol–water partition coefficient (Wildman–Crippen LogP) is 3.76. The molecule has 0 spiro atoms. The number of non-ortho nitro benzene ring substituents is 1. The lowest BCUT2D eigenvalue weighted by Crippen LogP contribution is -2.00. The van der Waals surface area contributed by atoms with Gasteiger partial charge in [0.2, 0.25) is 0 Å². The molecule has 3 rings (SSSR count). The van der Waals surface area contributed by atoms with E-state index in [9.17, 15) is 10.1 Å². The van der Waals surface area contributed by atoms with Crippen LogP contribution in [0.2, 0.25) is 0 Å². The maximum absolute atomic E-state index is 10.6. The molecule has 0 unspecified atom stereocenters. The Morgan fingerprint density at radius 3 is 2.57 bits per heavy atom. The molecule has 0 amide bonds. The van der Waals surface area contributed by atoms with Crippen molar-refractivity contribution in [2.45, 2.75) is 6.54 Å². The number of hydrogen-bond donors (Lipinski definition) is 1. The Morgan fingerprint density at radius 1 is 1.05 bits per heavy atom. The molecule has 0 aliphatic rings. The number of hydrogen-bond acceptors (Lipinski definition) is 4. The van der Waals surface area contributed by atoms with Crippen LogP contribution in [0.15, 0.2) is 60.9 Å². The van der Waals surface area contributed by atoms with Crippen LogP contribution in [0.25, 0.3) is 10.8 Å². The second kappa shape index (κ2) is 5.58. The second-order valence-corrected chi connectivity index (χ2v) is 4.68. The molecule has 21 heavy (non-hydrogen) atoms. The van der Waals surface area contributed by atoms with Crippen LogP contribution in [0.1, 0.15) is 5.56 Å². The number of pyridine rings is 1. The summed E-state index contributed by atoms with van der Waals surface area (Å²) in [6.45, 7) is 0.617. The Morgan fingerprint density at radius 2 is 1.81 bits per heavy atom. The van der Waals surface area contributed by atoms with E-state index < -0.39 is 4.92 Å². The van der Waals surface area contributed by atoms with E-state index in [1.54, 1.807) is 12.1 Å². The van der Waals surface area contributed by atoms with Crippen LogP contribution >= 0.6 is 0 Å². The smallest absolute Gasteiger partial charge is 0.269 e. The number of rotatable bonds is 4. The molecule has 3 aromatic rings. The summed E-state index contributed by atoms with van der Waals surface area (Å²) in [5.74, 6) is 0. The average molecular weight is 279 g/mol. The van der Waals surface area contributed by atoms with Gasteiger partial charge in [0.15, 0.2) is 0 Å². The van der Waals surface area contributed by atoms with E-state index in [1.807, 2.05) is 30.6 Å². The van der Waals surface area contributed by atoms with Crippen molar-refractivity contribution in [2.24, 2.45) is 0 Å². The Balaban J connectivity index is 1.79. The van der Waals surface area contributed by atoms with E-state index in [1.165, 1.54) is 12.1 Å². The van der Waals surface area contributed by atoms with Crippen LogP contribution in [0.3, 0.4) is 0 Å². The number of aromatic nitrogens is 1. The van der Waals surface area contributed by atoms with Gasteiger partial charge in [-0.25, -0.2) is 0 Å². The fourth-order valence-corrected chi connectivity index (χ4v) is 2.22. The minimum absolute atomic E-state index is 0.0902. The SMILES string of the molecule is O=[N+]([O-])c1ccc(NCc2cncc3ccccc23)cc1. The highest BCUT2D eigenvalue weighted by Crippen LogP contribution is 2.20. The summed E-state index contributed by atoms with van der Waals surface area (Å²) >= 11 is 0. The molecular weight excluding hydrogens is 266 g/mol. The number of benzene rings is 2. The zero-order chi connectivity index (χ0) is 14.7. The molecule has 0 saturated heterocycles. The molecule has 5 heteroatoms. The predicted molar refractivity (Wildman–Crippen MR) is 82.2 cm³/mol. The van der Waals surface area contributed by atoms with E-state index in [-0.39, 0.29) is 5.69 Å². The molecule has 0 fully saturated rings. The molecule has 5 nitrogen and oxygen atoms in total. The molecule has 0 aliphatic carbocycles. The van der Waals surface area contributed by atoms with Gasteiger partial charge in [-0.15, -0.1) is 0 Å². The van der Waals surface area contributed by atoms with Crippen molar-refractivity contribution in [3.05, 3.63) is 76.6 Å². The van der Waals surface area contributed by atoms with E-state index >= 15 is 0 Å². The van der Waals surface area contributed by atoms with Crippen LogP contribution in [0, 0.1) is 10.1 Å². The standard InChI is InChI=1S/C16H13N3O2/c20-19(21)15-7-5-14(6-8-15)18-11-13-10-17-9-12-3-1-2-4-16(12)13/h1-10,18H,11H2. The second-order valence-electron chi connectivity index (χ2n) is 4.68. The summed E-state index contributed by atoms with van der Waals surface area (Å²) in [6, 6.07) is 14.5. The summed E-state index contributed by atoms with van der Waals surface area (Å²) in [6.07, 6.45) is 3.67. The van der Waals surface area contributed by atoms with Gasteiger partial charge in [0.05, 0.1) is 4.92 Å². The van der Waals surface area contributed by atoms with E-state index in [2.05, 4.69) is 16.4 Å². The van der Waals surface area contributed by atoms with Crippen LogP contribution in [0.4, 0.5) is 11.4 Å². The minimum atomic E-state index is -0.404.